The van der Waals surface area contributed by atoms with Crippen molar-refractivity contribution in [2.75, 3.05) is 13.2 Å². The molecule has 0 aliphatic rings. The average molecular weight is 249 g/mol. The lowest BCUT2D eigenvalue weighted by Crippen LogP contribution is -2.37. The second-order valence-corrected chi connectivity index (χ2v) is 5.35. The van der Waals surface area contributed by atoms with Crippen LogP contribution in [0.5, 0.6) is 5.75 Å². The maximum Gasteiger partial charge on any atom is 0.225 e. The van der Waals surface area contributed by atoms with Crippen LogP contribution in [0.3, 0.4) is 0 Å². The van der Waals surface area contributed by atoms with E-state index in [2.05, 4.69) is 24.4 Å². The summed E-state index contributed by atoms with van der Waals surface area (Å²) in [6, 6.07) is 8.04. The van der Waals surface area contributed by atoms with E-state index in [0.29, 0.717) is 13.2 Å². The largest absolute Gasteiger partial charge is 0.492 e. The van der Waals surface area contributed by atoms with Crippen molar-refractivity contribution in [3.63, 3.8) is 0 Å². The summed E-state index contributed by atoms with van der Waals surface area (Å²) in [6.07, 6.45) is 1.03. The molecule has 0 fully saturated rings. The summed E-state index contributed by atoms with van der Waals surface area (Å²) in [7, 11) is 0. The molecule has 0 atom stereocenters. The van der Waals surface area contributed by atoms with Crippen molar-refractivity contribution in [1.82, 2.24) is 5.32 Å². The Balaban J connectivity index is 2.27. The Kier molecular flexibility index (Phi) is 5.20. The quantitative estimate of drug-likeness (QED) is 0.815. The highest BCUT2D eigenvalue weighted by molar-refractivity contribution is 5.81. The van der Waals surface area contributed by atoms with Crippen LogP contribution in [-0.2, 0) is 11.2 Å². The first-order valence-electron chi connectivity index (χ1n) is 6.43. The van der Waals surface area contributed by atoms with Gasteiger partial charge in [0.2, 0.25) is 5.91 Å². The zero-order valence-corrected chi connectivity index (χ0v) is 11.7. The lowest BCUT2D eigenvalue weighted by atomic mass is 9.96. The molecule has 0 aromatic heterocycles. The number of aryl methyl sites for hydroxylation is 1. The molecule has 1 aromatic rings. The van der Waals surface area contributed by atoms with Crippen LogP contribution in [0, 0.1) is 5.41 Å². The Bertz CT molecular complexity index is 376. The third kappa shape index (κ3) is 4.78. The monoisotopic (exact) mass is 249 g/mol. The molecule has 0 saturated carbocycles. The molecule has 0 bridgehead atoms. The van der Waals surface area contributed by atoms with Crippen LogP contribution in [0.25, 0.3) is 0 Å². The third-order valence-electron chi connectivity index (χ3n) is 2.67. The van der Waals surface area contributed by atoms with E-state index in [4.69, 9.17) is 4.74 Å². The minimum Gasteiger partial charge on any atom is -0.492 e. The molecule has 0 unspecified atom stereocenters. The van der Waals surface area contributed by atoms with Gasteiger partial charge in [-0.25, -0.2) is 0 Å². The van der Waals surface area contributed by atoms with Gasteiger partial charge in [0.05, 0.1) is 6.54 Å². The topological polar surface area (TPSA) is 38.3 Å². The van der Waals surface area contributed by atoms with E-state index in [1.807, 2.05) is 32.9 Å². The fourth-order valence-corrected chi connectivity index (χ4v) is 1.42. The van der Waals surface area contributed by atoms with Gasteiger partial charge in [-0.1, -0.05) is 39.8 Å². The van der Waals surface area contributed by atoms with Crippen molar-refractivity contribution in [2.45, 2.75) is 34.1 Å². The Morgan fingerprint density at radius 1 is 1.22 bits per heavy atom. The maximum atomic E-state index is 11.6. The summed E-state index contributed by atoms with van der Waals surface area (Å²) in [5.74, 6) is 0.893. The molecule has 3 nitrogen and oxygen atoms in total. The molecule has 0 radical (unpaired) electrons. The average Bonchev–Trinajstić information content (AvgIpc) is 2.34. The number of hydrogen-bond acceptors (Lipinski definition) is 2. The highest BCUT2D eigenvalue weighted by Gasteiger charge is 2.20. The number of carbonyl (C=O) groups excluding carboxylic acids is 1. The predicted octanol–water partition coefficient (Wildman–Crippen LogP) is 2.79. The van der Waals surface area contributed by atoms with Crippen LogP contribution in [-0.4, -0.2) is 19.1 Å². The van der Waals surface area contributed by atoms with E-state index in [9.17, 15) is 4.79 Å². The predicted molar refractivity (Wildman–Crippen MR) is 73.8 cm³/mol. The molecule has 1 amide bonds. The summed E-state index contributed by atoms with van der Waals surface area (Å²) < 4.78 is 5.55. The summed E-state index contributed by atoms with van der Waals surface area (Å²) in [5.41, 5.74) is 0.950. The first kappa shape index (κ1) is 14.6. The number of hydrogen-bond donors (Lipinski definition) is 1. The third-order valence-corrected chi connectivity index (χ3v) is 2.67. The summed E-state index contributed by atoms with van der Waals surface area (Å²) >= 11 is 0. The van der Waals surface area contributed by atoms with Crippen LogP contribution < -0.4 is 10.1 Å². The van der Waals surface area contributed by atoms with E-state index in [-0.39, 0.29) is 11.3 Å². The number of carbonyl (C=O) groups is 1. The molecule has 0 aliphatic carbocycles. The molecule has 1 aromatic carbocycles. The smallest absolute Gasteiger partial charge is 0.225 e. The van der Waals surface area contributed by atoms with Gasteiger partial charge in [-0.2, -0.15) is 0 Å². The zero-order chi connectivity index (χ0) is 13.6. The first-order chi connectivity index (χ1) is 8.43. The highest BCUT2D eigenvalue weighted by Crippen LogP contribution is 2.13. The standard InChI is InChI=1S/C15H23NO2/c1-5-12-6-8-13(9-7-12)18-11-10-16-14(17)15(2,3)4/h6-9H,5,10-11H2,1-4H3,(H,16,17). The van der Waals surface area contributed by atoms with E-state index in [1.54, 1.807) is 0 Å². The molecule has 0 heterocycles. The van der Waals surface area contributed by atoms with Crippen LogP contribution >= 0.6 is 0 Å². The van der Waals surface area contributed by atoms with Gasteiger partial charge >= 0.3 is 0 Å². The van der Waals surface area contributed by atoms with Gasteiger partial charge in [-0.3, -0.25) is 4.79 Å². The zero-order valence-electron chi connectivity index (χ0n) is 11.7. The molecular formula is C15H23NO2. The van der Waals surface area contributed by atoms with Crippen LogP contribution in [0.1, 0.15) is 33.3 Å². The van der Waals surface area contributed by atoms with Crippen LogP contribution in [0.4, 0.5) is 0 Å². The Hall–Kier alpha value is -1.51. The fourth-order valence-electron chi connectivity index (χ4n) is 1.42. The Morgan fingerprint density at radius 3 is 2.33 bits per heavy atom. The van der Waals surface area contributed by atoms with Gasteiger partial charge in [0.25, 0.3) is 0 Å². The number of rotatable bonds is 5. The SMILES string of the molecule is CCc1ccc(OCCNC(=O)C(C)(C)C)cc1. The van der Waals surface area contributed by atoms with E-state index in [0.717, 1.165) is 12.2 Å². The van der Waals surface area contributed by atoms with Gasteiger partial charge in [0, 0.05) is 5.41 Å². The van der Waals surface area contributed by atoms with Gasteiger partial charge in [-0.15, -0.1) is 0 Å². The van der Waals surface area contributed by atoms with E-state index < -0.39 is 0 Å². The van der Waals surface area contributed by atoms with Crippen molar-refractivity contribution < 1.29 is 9.53 Å². The second kappa shape index (κ2) is 6.43. The number of benzene rings is 1. The normalized spacial score (nSPS) is 11.1. The number of amides is 1. The molecule has 0 aliphatic heterocycles. The Morgan fingerprint density at radius 2 is 1.83 bits per heavy atom. The highest BCUT2D eigenvalue weighted by atomic mass is 16.5. The number of ether oxygens (including phenoxy) is 1. The summed E-state index contributed by atoms with van der Waals surface area (Å²) in [5, 5.41) is 2.85. The summed E-state index contributed by atoms with van der Waals surface area (Å²) in [6.45, 7) is 8.84. The Labute approximate surface area is 110 Å². The van der Waals surface area contributed by atoms with Crippen molar-refractivity contribution in [1.29, 1.82) is 0 Å². The van der Waals surface area contributed by atoms with Gasteiger partial charge in [0.1, 0.15) is 12.4 Å². The molecule has 100 valence electrons. The molecule has 1 rings (SSSR count). The van der Waals surface area contributed by atoms with Crippen molar-refractivity contribution in [2.24, 2.45) is 5.41 Å². The van der Waals surface area contributed by atoms with Crippen molar-refractivity contribution >= 4 is 5.91 Å². The maximum absolute atomic E-state index is 11.6. The summed E-state index contributed by atoms with van der Waals surface area (Å²) in [4.78, 5) is 11.6. The molecule has 3 heteroatoms. The molecular weight excluding hydrogens is 226 g/mol. The minimum absolute atomic E-state index is 0.0485. The fraction of sp³-hybridized carbons (Fsp3) is 0.533. The van der Waals surface area contributed by atoms with Crippen LogP contribution in [0.2, 0.25) is 0 Å². The van der Waals surface area contributed by atoms with Gasteiger partial charge in [0.15, 0.2) is 0 Å². The van der Waals surface area contributed by atoms with Gasteiger partial charge in [-0.05, 0) is 24.1 Å². The minimum atomic E-state index is -0.344. The van der Waals surface area contributed by atoms with E-state index in [1.165, 1.54) is 5.56 Å². The molecule has 1 N–H and O–H groups in total. The molecule has 0 spiro atoms. The van der Waals surface area contributed by atoms with Gasteiger partial charge < -0.3 is 10.1 Å². The van der Waals surface area contributed by atoms with Crippen molar-refractivity contribution in [3.05, 3.63) is 29.8 Å². The molecule has 18 heavy (non-hydrogen) atoms. The molecule has 0 saturated heterocycles. The lowest BCUT2D eigenvalue weighted by molar-refractivity contribution is -0.128. The van der Waals surface area contributed by atoms with Crippen LogP contribution in [0.15, 0.2) is 24.3 Å². The lowest BCUT2D eigenvalue weighted by Gasteiger charge is -2.17. The first-order valence-corrected chi connectivity index (χ1v) is 6.43. The van der Waals surface area contributed by atoms with Crippen molar-refractivity contribution in [3.8, 4) is 5.75 Å². The number of nitrogens with one attached hydrogen (secondary N) is 1. The second-order valence-electron chi connectivity index (χ2n) is 5.35. The van der Waals surface area contributed by atoms with E-state index >= 15 is 0 Å².